The molecular weight excluding hydrogens is 272 g/mol. The van der Waals surface area contributed by atoms with Crippen molar-refractivity contribution in [2.24, 2.45) is 0 Å². The summed E-state index contributed by atoms with van der Waals surface area (Å²) in [5.74, 6) is -0.412. The molecule has 0 atom stereocenters. The number of aromatic nitrogens is 2. The van der Waals surface area contributed by atoms with Crippen molar-refractivity contribution >= 4 is 10.9 Å². The van der Waals surface area contributed by atoms with E-state index in [1.165, 1.54) is 30.3 Å². The number of alkyl halides is 3. The molecule has 0 saturated heterocycles. The first-order chi connectivity index (χ1) is 9.45. The number of nitrogens with zero attached hydrogens (tertiary/aromatic N) is 1. The van der Waals surface area contributed by atoms with Gasteiger partial charge in [0.15, 0.2) is 0 Å². The van der Waals surface area contributed by atoms with E-state index >= 15 is 0 Å². The van der Waals surface area contributed by atoms with Crippen LogP contribution in [0.1, 0.15) is 5.56 Å². The second-order valence-electron chi connectivity index (χ2n) is 4.34. The number of nitrogens with one attached hydrogen (secondary N) is 1. The van der Waals surface area contributed by atoms with Gasteiger partial charge in [-0.25, -0.2) is 4.39 Å². The number of hydrogen-bond acceptors (Lipinski definition) is 1. The minimum atomic E-state index is -4.41. The summed E-state index contributed by atoms with van der Waals surface area (Å²) in [5.41, 5.74) is 0.676. The van der Waals surface area contributed by atoms with Gasteiger partial charge in [-0.15, -0.1) is 0 Å². The molecule has 1 N–H and O–H groups in total. The van der Waals surface area contributed by atoms with Crippen LogP contribution in [0.3, 0.4) is 0 Å². The summed E-state index contributed by atoms with van der Waals surface area (Å²) in [5, 5.41) is 7.03. The number of benzene rings is 2. The molecule has 2 aromatic carbocycles. The van der Waals surface area contributed by atoms with Crippen LogP contribution in [0.4, 0.5) is 17.6 Å². The highest BCUT2D eigenvalue weighted by atomic mass is 19.4. The molecule has 0 aliphatic rings. The van der Waals surface area contributed by atoms with Gasteiger partial charge in [0.05, 0.1) is 16.8 Å². The summed E-state index contributed by atoms with van der Waals surface area (Å²) in [6.07, 6.45) is -4.41. The molecule has 0 aliphatic carbocycles. The van der Waals surface area contributed by atoms with E-state index in [1.54, 1.807) is 0 Å². The Kier molecular flexibility index (Phi) is 2.74. The van der Waals surface area contributed by atoms with Crippen LogP contribution in [-0.2, 0) is 6.18 Å². The van der Waals surface area contributed by atoms with Gasteiger partial charge in [-0.3, -0.25) is 5.10 Å². The Morgan fingerprint density at radius 2 is 1.65 bits per heavy atom. The number of hydrogen-bond donors (Lipinski definition) is 1. The van der Waals surface area contributed by atoms with Crippen LogP contribution in [0.25, 0.3) is 22.2 Å². The zero-order valence-electron chi connectivity index (χ0n) is 10.0. The van der Waals surface area contributed by atoms with Crippen molar-refractivity contribution in [1.82, 2.24) is 10.2 Å². The Bertz CT molecular complexity index is 757. The first kappa shape index (κ1) is 12.7. The van der Waals surface area contributed by atoms with Crippen molar-refractivity contribution < 1.29 is 17.6 Å². The monoisotopic (exact) mass is 280 g/mol. The summed E-state index contributed by atoms with van der Waals surface area (Å²) < 4.78 is 51.1. The highest BCUT2D eigenvalue weighted by molar-refractivity contribution is 5.93. The van der Waals surface area contributed by atoms with E-state index in [-0.39, 0.29) is 0 Å². The van der Waals surface area contributed by atoms with E-state index in [9.17, 15) is 17.6 Å². The quantitative estimate of drug-likeness (QED) is 0.658. The molecule has 102 valence electrons. The van der Waals surface area contributed by atoms with Crippen LogP contribution in [0.15, 0.2) is 42.5 Å². The lowest BCUT2D eigenvalue weighted by molar-refractivity contribution is -0.137. The lowest BCUT2D eigenvalue weighted by Crippen LogP contribution is -2.04. The molecule has 3 aromatic rings. The molecule has 20 heavy (non-hydrogen) atoms. The number of halogens is 4. The number of H-pyrrole nitrogens is 1. The van der Waals surface area contributed by atoms with E-state index in [0.717, 1.165) is 12.1 Å². The molecule has 1 aromatic heterocycles. The fourth-order valence-corrected chi connectivity index (χ4v) is 2.02. The second kappa shape index (κ2) is 4.33. The lowest BCUT2D eigenvalue weighted by atomic mass is 10.1. The van der Waals surface area contributed by atoms with E-state index in [2.05, 4.69) is 10.2 Å². The van der Waals surface area contributed by atoms with E-state index in [1.807, 2.05) is 0 Å². The standard InChI is InChI=1S/C14H8F4N2/c15-10-4-1-8(2-5-10)13-11-7-9(14(16,17)18)3-6-12(11)19-20-13/h1-7H,(H,19,20). The third kappa shape index (κ3) is 2.13. The molecule has 0 saturated carbocycles. The van der Waals surface area contributed by atoms with Crippen molar-refractivity contribution in [1.29, 1.82) is 0 Å². The van der Waals surface area contributed by atoms with Crippen molar-refractivity contribution in [2.75, 3.05) is 0 Å². The fourth-order valence-electron chi connectivity index (χ4n) is 2.02. The highest BCUT2D eigenvalue weighted by Crippen LogP contribution is 2.34. The van der Waals surface area contributed by atoms with Crippen LogP contribution >= 0.6 is 0 Å². The first-order valence-electron chi connectivity index (χ1n) is 5.76. The minimum absolute atomic E-state index is 0.353. The smallest absolute Gasteiger partial charge is 0.277 e. The molecule has 2 nitrogen and oxygen atoms in total. The maximum atomic E-state index is 12.9. The van der Waals surface area contributed by atoms with Crippen LogP contribution in [0.5, 0.6) is 0 Å². The molecule has 0 spiro atoms. The second-order valence-corrected chi connectivity index (χ2v) is 4.34. The molecule has 0 bridgehead atoms. The van der Waals surface area contributed by atoms with Crippen LogP contribution in [0, 0.1) is 5.82 Å². The molecule has 0 unspecified atom stereocenters. The van der Waals surface area contributed by atoms with Crippen molar-refractivity contribution in [3.63, 3.8) is 0 Å². The Morgan fingerprint density at radius 3 is 2.30 bits per heavy atom. The average Bonchev–Trinajstić information content (AvgIpc) is 2.81. The summed E-state index contributed by atoms with van der Waals surface area (Å²) in [6.45, 7) is 0. The van der Waals surface area contributed by atoms with Gasteiger partial charge in [-0.2, -0.15) is 18.3 Å². The van der Waals surface area contributed by atoms with Crippen molar-refractivity contribution in [3.05, 3.63) is 53.8 Å². The highest BCUT2D eigenvalue weighted by Gasteiger charge is 2.30. The largest absolute Gasteiger partial charge is 0.416 e. The zero-order valence-corrected chi connectivity index (χ0v) is 10.0. The van der Waals surface area contributed by atoms with Crippen LogP contribution in [-0.4, -0.2) is 10.2 Å². The summed E-state index contributed by atoms with van der Waals surface area (Å²) in [6, 6.07) is 8.80. The Hall–Kier alpha value is -2.37. The van der Waals surface area contributed by atoms with Gasteiger partial charge in [-0.05, 0) is 42.5 Å². The number of aromatic amines is 1. The summed E-state index contributed by atoms with van der Waals surface area (Å²) in [4.78, 5) is 0. The van der Waals surface area contributed by atoms with Crippen molar-refractivity contribution in [2.45, 2.75) is 6.18 Å². The van der Waals surface area contributed by atoms with Gasteiger partial charge < -0.3 is 0 Å². The minimum Gasteiger partial charge on any atom is -0.277 e. The first-order valence-corrected chi connectivity index (χ1v) is 5.76. The zero-order chi connectivity index (χ0) is 14.3. The van der Waals surface area contributed by atoms with E-state index in [0.29, 0.717) is 22.2 Å². The number of fused-ring (bicyclic) bond motifs is 1. The Morgan fingerprint density at radius 1 is 0.950 bits per heavy atom. The molecule has 0 radical (unpaired) electrons. The summed E-state index contributed by atoms with van der Waals surface area (Å²) in [7, 11) is 0. The van der Waals surface area contributed by atoms with Gasteiger partial charge >= 0.3 is 6.18 Å². The molecule has 0 fully saturated rings. The molecule has 0 amide bonds. The maximum Gasteiger partial charge on any atom is 0.416 e. The van der Waals surface area contributed by atoms with Gasteiger partial charge in [0, 0.05) is 10.9 Å². The third-order valence-electron chi connectivity index (χ3n) is 3.01. The normalized spacial score (nSPS) is 12.0. The van der Waals surface area contributed by atoms with E-state index < -0.39 is 17.6 Å². The predicted octanol–water partition coefficient (Wildman–Crippen LogP) is 4.39. The topological polar surface area (TPSA) is 28.7 Å². The molecule has 0 aliphatic heterocycles. The fraction of sp³-hybridized carbons (Fsp3) is 0.0714. The average molecular weight is 280 g/mol. The number of rotatable bonds is 1. The van der Waals surface area contributed by atoms with Gasteiger partial charge in [0.1, 0.15) is 5.82 Å². The lowest BCUT2D eigenvalue weighted by Gasteiger charge is -2.06. The maximum absolute atomic E-state index is 12.9. The van der Waals surface area contributed by atoms with Crippen molar-refractivity contribution in [3.8, 4) is 11.3 Å². The summed E-state index contributed by atoms with van der Waals surface area (Å²) >= 11 is 0. The SMILES string of the molecule is Fc1ccc(-c2n[nH]c3ccc(C(F)(F)F)cc23)cc1. The van der Waals surface area contributed by atoms with Gasteiger partial charge in [0.25, 0.3) is 0 Å². The Labute approximate surface area is 111 Å². The van der Waals surface area contributed by atoms with Crippen LogP contribution < -0.4 is 0 Å². The molecule has 1 heterocycles. The van der Waals surface area contributed by atoms with Gasteiger partial charge in [0.2, 0.25) is 0 Å². The molecule has 3 rings (SSSR count). The molecular formula is C14H8F4N2. The predicted molar refractivity (Wildman–Crippen MR) is 66.5 cm³/mol. The molecule has 6 heteroatoms. The van der Waals surface area contributed by atoms with Gasteiger partial charge in [-0.1, -0.05) is 0 Å². The third-order valence-corrected chi connectivity index (χ3v) is 3.01. The van der Waals surface area contributed by atoms with Crippen LogP contribution in [0.2, 0.25) is 0 Å². The Balaban J connectivity index is 2.19. The van der Waals surface area contributed by atoms with E-state index in [4.69, 9.17) is 0 Å².